The Bertz CT molecular complexity index is 469. The molecule has 1 amide bonds. The fraction of sp³-hybridized carbons (Fsp3) is 0.357. The lowest BCUT2D eigenvalue weighted by Crippen LogP contribution is -2.29. The first-order valence-electron chi connectivity index (χ1n) is 5.99. The first kappa shape index (κ1) is 15.0. The number of nitrogens with one attached hydrogen (secondary N) is 2. The van der Waals surface area contributed by atoms with Gasteiger partial charge < -0.3 is 15.4 Å². The van der Waals surface area contributed by atoms with Crippen LogP contribution in [-0.2, 0) is 11.3 Å². The molecule has 0 atom stereocenters. The maximum Gasteiger partial charge on any atom is 0.258 e. The molecule has 0 aromatic heterocycles. The third-order valence-electron chi connectivity index (χ3n) is 2.32. The van der Waals surface area contributed by atoms with Crippen LogP contribution in [0.4, 0.5) is 4.39 Å². The van der Waals surface area contributed by atoms with Gasteiger partial charge >= 0.3 is 0 Å². The number of amides is 1. The normalized spacial score (nSPS) is 9.74. The minimum atomic E-state index is -0.486. The molecule has 5 heteroatoms. The Kier molecular flexibility index (Phi) is 6.41. The van der Waals surface area contributed by atoms with Crippen molar-refractivity contribution in [3.05, 3.63) is 29.6 Å². The average Bonchev–Trinajstić information content (AvgIpc) is 2.41. The van der Waals surface area contributed by atoms with Crippen molar-refractivity contribution < 1.29 is 13.9 Å². The SMILES string of the molecule is C#CCNC(=O)COc1ccc(CNCC)cc1F. The second kappa shape index (κ2) is 8.11. The van der Waals surface area contributed by atoms with Crippen LogP contribution < -0.4 is 15.4 Å². The molecular weight excluding hydrogens is 247 g/mol. The summed E-state index contributed by atoms with van der Waals surface area (Å²) < 4.78 is 18.7. The Balaban J connectivity index is 2.50. The van der Waals surface area contributed by atoms with Crippen molar-refractivity contribution in [3.8, 4) is 18.1 Å². The molecule has 0 radical (unpaired) electrons. The highest BCUT2D eigenvalue weighted by Gasteiger charge is 2.07. The number of ether oxygens (including phenoxy) is 1. The minimum absolute atomic E-state index is 0.0520. The standard InChI is InChI=1S/C14H17FN2O2/c1-3-7-17-14(18)10-19-13-6-5-11(8-12(13)15)9-16-4-2/h1,5-6,8,16H,4,7,9-10H2,2H3,(H,17,18). The van der Waals surface area contributed by atoms with Gasteiger partial charge in [-0.15, -0.1) is 6.42 Å². The number of hydrogen-bond donors (Lipinski definition) is 2. The van der Waals surface area contributed by atoms with Crippen molar-refractivity contribution in [1.29, 1.82) is 0 Å². The lowest BCUT2D eigenvalue weighted by Gasteiger charge is -2.08. The number of halogens is 1. The van der Waals surface area contributed by atoms with Crippen molar-refractivity contribution in [1.82, 2.24) is 10.6 Å². The maximum absolute atomic E-state index is 13.7. The number of rotatable bonds is 7. The highest BCUT2D eigenvalue weighted by Crippen LogP contribution is 2.18. The largest absolute Gasteiger partial charge is 0.481 e. The summed E-state index contributed by atoms with van der Waals surface area (Å²) in [5, 5.41) is 5.52. The van der Waals surface area contributed by atoms with Gasteiger partial charge in [-0.1, -0.05) is 18.9 Å². The van der Waals surface area contributed by atoms with E-state index in [4.69, 9.17) is 11.2 Å². The maximum atomic E-state index is 13.7. The molecule has 0 saturated carbocycles. The van der Waals surface area contributed by atoms with Crippen molar-refractivity contribution in [2.75, 3.05) is 19.7 Å². The first-order valence-corrected chi connectivity index (χ1v) is 5.99. The van der Waals surface area contributed by atoms with Crippen LogP contribution in [0.25, 0.3) is 0 Å². The van der Waals surface area contributed by atoms with Crippen molar-refractivity contribution >= 4 is 5.91 Å². The van der Waals surface area contributed by atoms with Gasteiger partial charge in [0, 0.05) is 6.54 Å². The molecule has 4 nitrogen and oxygen atoms in total. The third kappa shape index (κ3) is 5.40. The minimum Gasteiger partial charge on any atom is -0.481 e. The zero-order valence-corrected chi connectivity index (χ0v) is 10.8. The Hall–Kier alpha value is -2.06. The quantitative estimate of drug-likeness (QED) is 0.724. The Morgan fingerprint density at radius 1 is 1.53 bits per heavy atom. The van der Waals surface area contributed by atoms with E-state index in [1.165, 1.54) is 12.1 Å². The molecule has 0 aliphatic rings. The summed E-state index contributed by atoms with van der Waals surface area (Å²) >= 11 is 0. The average molecular weight is 264 g/mol. The summed E-state index contributed by atoms with van der Waals surface area (Å²) in [6.07, 6.45) is 4.99. The fourth-order valence-corrected chi connectivity index (χ4v) is 1.38. The first-order chi connectivity index (χ1) is 9.17. The van der Waals surface area contributed by atoms with Crippen LogP contribution in [0.15, 0.2) is 18.2 Å². The second-order valence-electron chi connectivity index (χ2n) is 3.81. The van der Waals surface area contributed by atoms with Crippen LogP contribution in [0.2, 0.25) is 0 Å². The Labute approximate surface area is 112 Å². The highest BCUT2D eigenvalue weighted by molar-refractivity contribution is 5.77. The van der Waals surface area contributed by atoms with Gasteiger partial charge in [-0.25, -0.2) is 4.39 Å². The van der Waals surface area contributed by atoms with Gasteiger partial charge in [0.2, 0.25) is 0 Å². The monoisotopic (exact) mass is 264 g/mol. The molecule has 0 fully saturated rings. The lowest BCUT2D eigenvalue weighted by atomic mass is 10.2. The van der Waals surface area contributed by atoms with E-state index in [9.17, 15) is 9.18 Å². The van der Waals surface area contributed by atoms with Gasteiger partial charge in [-0.05, 0) is 24.2 Å². The molecule has 2 N–H and O–H groups in total. The summed E-state index contributed by atoms with van der Waals surface area (Å²) in [5.41, 5.74) is 0.823. The van der Waals surface area contributed by atoms with Crippen molar-refractivity contribution in [3.63, 3.8) is 0 Å². The molecular formula is C14H17FN2O2. The van der Waals surface area contributed by atoms with Crippen LogP contribution in [-0.4, -0.2) is 25.6 Å². The number of hydrogen-bond acceptors (Lipinski definition) is 3. The Morgan fingerprint density at radius 3 is 2.95 bits per heavy atom. The number of terminal acetylenes is 1. The van der Waals surface area contributed by atoms with E-state index in [1.807, 2.05) is 6.92 Å². The predicted octanol–water partition coefficient (Wildman–Crippen LogP) is 1.06. The highest BCUT2D eigenvalue weighted by atomic mass is 19.1. The van der Waals surface area contributed by atoms with Gasteiger partial charge in [-0.3, -0.25) is 4.79 Å². The van der Waals surface area contributed by atoms with Gasteiger partial charge in [0.15, 0.2) is 18.2 Å². The van der Waals surface area contributed by atoms with Crippen LogP contribution in [0.3, 0.4) is 0 Å². The topological polar surface area (TPSA) is 50.4 Å². The van der Waals surface area contributed by atoms with Crippen LogP contribution in [0, 0.1) is 18.2 Å². The third-order valence-corrected chi connectivity index (χ3v) is 2.32. The second-order valence-corrected chi connectivity index (χ2v) is 3.81. The van der Waals surface area contributed by atoms with Gasteiger partial charge in [-0.2, -0.15) is 0 Å². The molecule has 19 heavy (non-hydrogen) atoms. The summed E-state index contributed by atoms with van der Waals surface area (Å²) in [5.74, 6) is 1.45. The predicted molar refractivity (Wildman–Crippen MR) is 71.1 cm³/mol. The van der Waals surface area contributed by atoms with Gasteiger partial charge in [0.1, 0.15) is 0 Å². The van der Waals surface area contributed by atoms with Crippen LogP contribution >= 0.6 is 0 Å². The van der Waals surface area contributed by atoms with Crippen molar-refractivity contribution in [2.24, 2.45) is 0 Å². The molecule has 0 spiro atoms. The van der Waals surface area contributed by atoms with E-state index in [0.717, 1.165) is 12.1 Å². The smallest absolute Gasteiger partial charge is 0.258 e. The van der Waals surface area contributed by atoms with Gasteiger partial charge in [0.25, 0.3) is 5.91 Å². The Morgan fingerprint density at radius 2 is 2.32 bits per heavy atom. The fourth-order valence-electron chi connectivity index (χ4n) is 1.38. The van der Waals surface area contributed by atoms with E-state index >= 15 is 0 Å². The summed E-state index contributed by atoms with van der Waals surface area (Å²) in [6.45, 7) is 3.26. The molecule has 0 heterocycles. The van der Waals surface area contributed by atoms with E-state index in [-0.39, 0.29) is 24.8 Å². The lowest BCUT2D eigenvalue weighted by molar-refractivity contribution is -0.122. The molecule has 0 aliphatic carbocycles. The molecule has 0 unspecified atom stereocenters. The summed E-state index contributed by atoms with van der Waals surface area (Å²) in [6, 6.07) is 4.65. The number of carbonyl (C=O) groups is 1. The summed E-state index contributed by atoms with van der Waals surface area (Å²) in [7, 11) is 0. The van der Waals surface area contributed by atoms with Crippen LogP contribution in [0.5, 0.6) is 5.75 Å². The number of benzene rings is 1. The van der Waals surface area contributed by atoms with E-state index in [1.54, 1.807) is 6.07 Å². The number of carbonyl (C=O) groups excluding carboxylic acids is 1. The summed E-state index contributed by atoms with van der Waals surface area (Å²) in [4.78, 5) is 11.2. The van der Waals surface area contributed by atoms with Crippen molar-refractivity contribution in [2.45, 2.75) is 13.5 Å². The molecule has 0 aliphatic heterocycles. The molecule has 102 valence electrons. The van der Waals surface area contributed by atoms with E-state index in [0.29, 0.717) is 6.54 Å². The van der Waals surface area contributed by atoms with E-state index in [2.05, 4.69) is 16.6 Å². The van der Waals surface area contributed by atoms with Crippen LogP contribution in [0.1, 0.15) is 12.5 Å². The van der Waals surface area contributed by atoms with Gasteiger partial charge in [0.05, 0.1) is 6.54 Å². The molecule has 0 saturated heterocycles. The molecule has 1 aromatic rings. The molecule has 1 aromatic carbocycles. The molecule has 1 rings (SSSR count). The van der Waals surface area contributed by atoms with E-state index < -0.39 is 5.82 Å². The zero-order valence-electron chi connectivity index (χ0n) is 10.8. The molecule has 0 bridgehead atoms. The zero-order chi connectivity index (χ0) is 14.1.